The molecular weight excluding hydrogens is 386 g/mol. The third-order valence-corrected chi connectivity index (χ3v) is 5.73. The highest BCUT2D eigenvalue weighted by Gasteiger charge is 2.33. The lowest BCUT2D eigenvalue weighted by molar-refractivity contribution is 0.0546. The second kappa shape index (κ2) is 8.26. The summed E-state index contributed by atoms with van der Waals surface area (Å²) in [6, 6.07) is 9.31. The average molecular weight is 410 g/mol. The fraction of sp³-hybridized carbons (Fsp3) is 0.333. The summed E-state index contributed by atoms with van der Waals surface area (Å²) in [5.74, 6) is 1.37. The van der Waals surface area contributed by atoms with Crippen molar-refractivity contribution in [2.75, 3.05) is 18.2 Å². The first-order chi connectivity index (χ1) is 14.0. The molecule has 0 bridgehead atoms. The van der Waals surface area contributed by atoms with Crippen molar-refractivity contribution >= 4 is 23.1 Å². The van der Waals surface area contributed by atoms with E-state index in [1.807, 2.05) is 61.4 Å². The number of hydroxylamine groups is 1. The fourth-order valence-corrected chi connectivity index (χ4v) is 4.26. The Bertz CT molecular complexity index is 994. The number of hydrogen-bond acceptors (Lipinski definition) is 7. The summed E-state index contributed by atoms with van der Waals surface area (Å²) in [5.41, 5.74) is 1.52. The molecule has 1 saturated heterocycles. The molecule has 0 saturated carbocycles. The zero-order valence-corrected chi connectivity index (χ0v) is 17.5. The third-order valence-electron chi connectivity index (χ3n) is 4.92. The van der Waals surface area contributed by atoms with Gasteiger partial charge in [0.25, 0.3) is 5.91 Å². The molecule has 3 aromatic rings. The molecule has 1 aromatic carbocycles. The number of benzene rings is 1. The van der Waals surface area contributed by atoms with E-state index in [-0.39, 0.29) is 18.0 Å². The van der Waals surface area contributed by atoms with Crippen LogP contribution in [0, 0.1) is 6.92 Å². The van der Waals surface area contributed by atoms with Crippen LogP contribution in [-0.4, -0.2) is 51.0 Å². The number of amides is 1. The number of anilines is 1. The molecule has 2 atom stereocenters. The maximum atomic E-state index is 13.6. The Labute approximate surface area is 174 Å². The molecular formula is C21H23N5O2S. The van der Waals surface area contributed by atoms with E-state index in [1.54, 1.807) is 17.5 Å². The van der Waals surface area contributed by atoms with Crippen LogP contribution in [0.4, 0.5) is 5.82 Å². The average Bonchev–Trinajstić information content (AvgIpc) is 3.21. The third kappa shape index (κ3) is 3.99. The van der Waals surface area contributed by atoms with Crippen molar-refractivity contribution in [2.24, 2.45) is 0 Å². The van der Waals surface area contributed by atoms with Gasteiger partial charge >= 0.3 is 0 Å². The highest BCUT2D eigenvalue weighted by atomic mass is 32.1. The van der Waals surface area contributed by atoms with E-state index in [2.05, 4.69) is 15.0 Å². The number of rotatable bonds is 3. The van der Waals surface area contributed by atoms with Crippen LogP contribution in [0.5, 0.6) is 0 Å². The van der Waals surface area contributed by atoms with E-state index in [0.717, 1.165) is 10.6 Å². The van der Waals surface area contributed by atoms with Crippen molar-refractivity contribution in [1.82, 2.24) is 19.9 Å². The van der Waals surface area contributed by atoms with Crippen molar-refractivity contribution in [3.8, 4) is 10.6 Å². The number of carbonyl (C=O) groups excluding carboxylic acids is 1. The summed E-state index contributed by atoms with van der Waals surface area (Å²) in [6.07, 6.45) is 3.47. The Morgan fingerprint density at radius 1 is 1.14 bits per heavy atom. The molecule has 0 radical (unpaired) electrons. The lowest BCUT2D eigenvalue weighted by Crippen LogP contribution is -2.47. The maximum Gasteiger partial charge on any atom is 0.255 e. The summed E-state index contributed by atoms with van der Waals surface area (Å²) >= 11 is 1.53. The summed E-state index contributed by atoms with van der Waals surface area (Å²) in [6.45, 7) is 6.80. The van der Waals surface area contributed by atoms with Gasteiger partial charge in [-0.05, 0) is 26.8 Å². The smallest absolute Gasteiger partial charge is 0.255 e. The molecule has 1 fully saturated rings. The summed E-state index contributed by atoms with van der Waals surface area (Å²) < 4.78 is 0. The molecule has 1 amide bonds. The van der Waals surface area contributed by atoms with Gasteiger partial charge < -0.3 is 4.90 Å². The highest BCUT2D eigenvalue weighted by Crippen LogP contribution is 2.28. The molecule has 0 aliphatic carbocycles. The number of nitrogens with zero attached hydrogens (tertiary/aromatic N) is 5. The van der Waals surface area contributed by atoms with Crippen LogP contribution in [-0.2, 0) is 4.84 Å². The minimum atomic E-state index is -0.0882. The van der Waals surface area contributed by atoms with Gasteiger partial charge in [-0.15, -0.1) is 11.3 Å². The molecule has 1 aliphatic heterocycles. The van der Waals surface area contributed by atoms with Crippen LogP contribution >= 0.6 is 11.3 Å². The molecule has 150 valence electrons. The Morgan fingerprint density at radius 2 is 1.97 bits per heavy atom. The van der Waals surface area contributed by atoms with Crippen molar-refractivity contribution in [2.45, 2.75) is 32.9 Å². The standard InChI is InChI=1S/C21H23N5O2S/c1-14-12-25(19-8-9-22-16(3)24-19)28-13-15(2)26(14)21(27)18-7-5-4-6-17(18)20-23-10-11-29-20/h4-11,14-15H,12-13H2,1-3H3/t14-,15+/m0/s1. The molecule has 0 unspecified atom stereocenters. The van der Waals surface area contributed by atoms with Crippen molar-refractivity contribution in [3.63, 3.8) is 0 Å². The van der Waals surface area contributed by atoms with Crippen LogP contribution in [0.1, 0.15) is 30.0 Å². The predicted molar refractivity (Wildman–Crippen MR) is 113 cm³/mol. The summed E-state index contributed by atoms with van der Waals surface area (Å²) in [7, 11) is 0. The molecule has 7 nitrogen and oxygen atoms in total. The fourth-order valence-electron chi connectivity index (χ4n) is 3.59. The van der Waals surface area contributed by atoms with Crippen molar-refractivity contribution in [3.05, 3.63) is 59.5 Å². The van der Waals surface area contributed by atoms with Gasteiger partial charge in [0.15, 0.2) is 5.82 Å². The number of thiazole rings is 1. The van der Waals surface area contributed by atoms with Crippen LogP contribution in [0.2, 0.25) is 0 Å². The number of aromatic nitrogens is 3. The van der Waals surface area contributed by atoms with Gasteiger partial charge in [-0.3, -0.25) is 9.63 Å². The lowest BCUT2D eigenvalue weighted by atomic mass is 10.0. The van der Waals surface area contributed by atoms with E-state index in [4.69, 9.17) is 4.84 Å². The van der Waals surface area contributed by atoms with Gasteiger partial charge in [0, 0.05) is 41.0 Å². The quantitative estimate of drug-likeness (QED) is 0.658. The molecule has 1 aliphatic rings. The highest BCUT2D eigenvalue weighted by molar-refractivity contribution is 7.13. The van der Waals surface area contributed by atoms with Gasteiger partial charge in [0.05, 0.1) is 19.2 Å². The van der Waals surface area contributed by atoms with Crippen LogP contribution in [0.3, 0.4) is 0 Å². The molecule has 3 heterocycles. The van der Waals surface area contributed by atoms with Crippen LogP contribution in [0.15, 0.2) is 48.1 Å². The first-order valence-corrected chi connectivity index (χ1v) is 10.4. The summed E-state index contributed by atoms with van der Waals surface area (Å²) in [4.78, 5) is 34.5. The SMILES string of the molecule is Cc1nccc(N2C[C@H](C)N(C(=O)c3ccccc3-c3nccs3)[C@H](C)CO2)n1. The number of hydrogen-bond donors (Lipinski definition) is 0. The monoisotopic (exact) mass is 409 g/mol. The van der Waals surface area contributed by atoms with Gasteiger partial charge in [0.2, 0.25) is 0 Å². The Morgan fingerprint density at radius 3 is 2.72 bits per heavy atom. The van der Waals surface area contributed by atoms with E-state index in [9.17, 15) is 4.79 Å². The first kappa shape index (κ1) is 19.5. The van der Waals surface area contributed by atoms with E-state index < -0.39 is 0 Å². The minimum Gasteiger partial charge on any atom is -0.329 e. The van der Waals surface area contributed by atoms with Crippen molar-refractivity contribution < 1.29 is 9.63 Å². The topological polar surface area (TPSA) is 71.5 Å². The van der Waals surface area contributed by atoms with Crippen LogP contribution < -0.4 is 5.06 Å². The largest absolute Gasteiger partial charge is 0.329 e. The Balaban J connectivity index is 1.63. The zero-order valence-electron chi connectivity index (χ0n) is 16.6. The van der Waals surface area contributed by atoms with Gasteiger partial charge in [-0.1, -0.05) is 18.2 Å². The lowest BCUT2D eigenvalue weighted by Gasteiger charge is -2.32. The first-order valence-electron chi connectivity index (χ1n) is 9.56. The maximum absolute atomic E-state index is 13.6. The normalized spacial score (nSPS) is 19.8. The predicted octanol–water partition coefficient (Wildman–Crippen LogP) is 3.58. The summed E-state index contributed by atoms with van der Waals surface area (Å²) in [5, 5.41) is 4.53. The van der Waals surface area contributed by atoms with Crippen LogP contribution in [0.25, 0.3) is 10.6 Å². The zero-order chi connectivity index (χ0) is 20.4. The molecule has 0 N–H and O–H groups in total. The van der Waals surface area contributed by atoms with Gasteiger partial charge in [-0.2, -0.15) is 0 Å². The van der Waals surface area contributed by atoms with Gasteiger partial charge in [0.1, 0.15) is 10.8 Å². The molecule has 0 spiro atoms. The van der Waals surface area contributed by atoms with Crippen molar-refractivity contribution in [1.29, 1.82) is 0 Å². The van der Waals surface area contributed by atoms with E-state index >= 15 is 0 Å². The molecule has 4 rings (SSSR count). The number of aryl methyl sites for hydroxylation is 1. The van der Waals surface area contributed by atoms with E-state index in [1.165, 1.54) is 11.3 Å². The molecule has 8 heteroatoms. The molecule has 2 aromatic heterocycles. The van der Waals surface area contributed by atoms with Gasteiger partial charge in [-0.25, -0.2) is 20.0 Å². The molecule has 29 heavy (non-hydrogen) atoms. The second-order valence-electron chi connectivity index (χ2n) is 7.11. The minimum absolute atomic E-state index is 0.0138. The van der Waals surface area contributed by atoms with E-state index in [0.29, 0.717) is 30.4 Å². The number of carbonyl (C=O) groups is 1. The Hall–Kier alpha value is -2.84. The second-order valence-corrected chi connectivity index (χ2v) is 8.01. The Kier molecular flexibility index (Phi) is 5.55.